The normalized spacial score (nSPS) is 7.64. The van der Waals surface area contributed by atoms with Crippen LogP contribution in [0.15, 0.2) is 12.4 Å². The summed E-state index contributed by atoms with van der Waals surface area (Å²) in [6.45, 7) is 11.1. The second kappa shape index (κ2) is 12.1. The van der Waals surface area contributed by atoms with Crippen LogP contribution in [0.25, 0.3) is 0 Å². The van der Waals surface area contributed by atoms with Gasteiger partial charge < -0.3 is 10.6 Å². The smallest absolute Gasteiger partial charge is 0.0909 e. The van der Waals surface area contributed by atoms with Crippen LogP contribution in [-0.2, 0) is 0 Å². The number of hydrogen-bond acceptors (Lipinski definition) is 2. The Hall–Kier alpha value is -0.660. The highest BCUT2D eigenvalue weighted by atomic mass is 15.1. The molecule has 0 aliphatic heterocycles. The van der Waals surface area contributed by atoms with E-state index in [-0.39, 0.29) is 0 Å². The molecule has 11 heavy (non-hydrogen) atoms. The zero-order chi connectivity index (χ0) is 9.11. The molecule has 0 amide bonds. The van der Waals surface area contributed by atoms with Crippen molar-refractivity contribution in [3.63, 3.8) is 0 Å². The Bertz CT molecular complexity index is 79.6. The van der Waals surface area contributed by atoms with E-state index in [1.54, 1.807) is 0 Å². The first kappa shape index (κ1) is 13.0. The van der Waals surface area contributed by atoms with Gasteiger partial charge in [0.05, 0.1) is 5.82 Å². The SMILES string of the molecule is C=C(NC)NCCC.CCC. The van der Waals surface area contributed by atoms with Crippen molar-refractivity contribution < 1.29 is 0 Å². The molecule has 0 spiro atoms. The van der Waals surface area contributed by atoms with E-state index in [0.29, 0.717) is 0 Å². The first-order valence-corrected chi connectivity index (χ1v) is 4.33. The van der Waals surface area contributed by atoms with Gasteiger partial charge in [0.15, 0.2) is 0 Å². The summed E-state index contributed by atoms with van der Waals surface area (Å²) in [5.74, 6) is 0.895. The second-order valence-electron chi connectivity index (χ2n) is 2.36. The maximum atomic E-state index is 3.69. The Morgan fingerprint density at radius 3 is 2.00 bits per heavy atom. The lowest BCUT2D eigenvalue weighted by atomic mass is 10.5. The monoisotopic (exact) mass is 158 g/mol. The molecule has 0 unspecified atom stereocenters. The van der Waals surface area contributed by atoms with Crippen molar-refractivity contribution >= 4 is 0 Å². The Balaban J connectivity index is 0. The third kappa shape index (κ3) is 17.6. The molecule has 0 rings (SSSR count). The van der Waals surface area contributed by atoms with Gasteiger partial charge in [0, 0.05) is 13.6 Å². The summed E-state index contributed by atoms with van der Waals surface area (Å²) in [6.07, 6.45) is 2.39. The molecule has 0 bridgehead atoms. The molecule has 0 radical (unpaired) electrons. The fourth-order valence-corrected chi connectivity index (χ4v) is 0.364. The summed E-state index contributed by atoms with van der Waals surface area (Å²) in [5, 5.41) is 5.97. The van der Waals surface area contributed by atoms with Crippen LogP contribution in [0.5, 0.6) is 0 Å². The van der Waals surface area contributed by atoms with Gasteiger partial charge in [-0.15, -0.1) is 0 Å². The molecule has 0 saturated heterocycles. The van der Waals surface area contributed by atoms with Gasteiger partial charge in [-0.25, -0.2) is 0 Å². The van der Waals surface area contributed by atoms with E-state index in [1.807, 2.05) is 7.05 Å². The lowest BCUT2D eigenvalue weighted by molar-refractivity contribution is 0.719. The van der Waals surface area contributed by atoms with Crippen LogP contribution in [-0.4, -0.2) is 13.6 Å². The van der Waals surface area contributed by atoms with Crippen LogP contribution in [0.3, 0.4) is 0 Å². The number of hydrogen-bond donors (Lipinski definition) is 2. The van der Waals surface area contributed by atoms with Gasteiger partial charge in [0.2, 0.25) is 0 Å². The van der Waals surface area contributed by atoms with E-state index < -0.39 is 0 Å². The van der Waals surface area contributed by atoms with Gasteiger partial charge in [-0.1, -0.05) is 33.8 Å². The summed E-state index contributed by atoms with van der Waals surface area (Å²) in [7, 11) is 1.85. The molecular formula is C9H22N2. The molecular weight excluding hydrogens is 136 g/mol. The molecule has 2 heteroatoms. The number of rotatable bonds is 4. The number of nitrogens with one attached hydrogen (secondary N) is 2. The summed E-state index contributed by atoms with van der Waals surface area (Å²) in [4.78, 5) is 0. The second-order valence-corrected chi connectivity index (χ2v) is 2.36. The zero-order valence-corrected chi connectivity index (χ0v) is 8.33. The Morgan fingerprint density at radius 1 is 1.27 bits per heavy atom. The lowest BCUT2D eigenvalue weighted by Crippen LogP contribution is -2.22. The Kier molecular flexibility index (Phi) is 14.2. The first-order valence-electron chi connectivity index (χ1n) is 4.33. The van der Waals surface area contributed by atoms with Crippen molar-refractivity contribution in [1.82, 2.24) is 10.6 Å². The van der Waals surface area contributed by atoms with Crippen LogP contribution in [0.4, 0.5) is 0 Å². The van der Waals surface area contributed by atoms with E-state index in [0.717, 1.165) is 18.8 Å². The molecule has 0 atom stereocenters. The van der Waals surface area contributed by atoms with Gasteiger partial charge in [-0.05, 0) is 6.42 Å². The van der Waals surface area contributed by atoms with E-state index in [1.165, 1.54) is 6.42 Å². The van der Waals surface area contributed by atoms with E-state index in [4.69, 9.17) is 0 Å². The van der Waals surface area contributed by atoms with Gasteiger partial charge >= 0.3 is 0 Å². The molecule has 2 N–H and O–H groups in total. The predicted octanol–water partition coefficient (Wildman–Crippen LogP) is 2.09. The molecule has 0 heterocycles. The van der Waals surface area contributed by atoms with Gasteiger partial charge in [0.25, 0.3) is 0 Å². The zero-order valence-electron chi connectivity index (χ0n) is 8.33. The molecule has 0 aromatic carbocycles. The van der Waals surface area contributed by atoms with E-state index in [2.05, 4.69) is 38.0 Å². The molecule has 2 nitrogen and oxygen atoms in total. The standard InChI is InChI=1S/C6H14N2.C3H8/c1-4-5-8-6(2)7-3;1-3-2/h7-8H,2,4-5H2,1,3H3;3H2,1-2H3. The van der Waals surface area contributed by atoms with Crippen LogP contribution in [0, 0.1) is 0 Å². The maximum absolute atomic E-state index is 3.69. The molecule has 0 saturated carbocycles. The maximum Gasteiger partial charge on any atom is 0.0909 e. The van der Waals surface area contributed by atoms with Crippen LogP contribution in [0.1, 0.15) is 33.6 Å². The highest BCUT2D eigenvalue weighted by molar-refractivity contribution is 4.84. The van der Waals surface area contributed by atoms with E-state index >= 15 is 0 Å². The van der Waals surface area contributed by atoms with Crippen molar-refractivity contribution in [2.24, 2.45) is 0 Å². The largest absolute Gasteiger partial charge is 0.375 e. The average molecular weight is 158 g/mol. The third-order valence-corrected chi connectivity index (χ3v) is 0.890. The van der Waals surface area contributed by atoms with Crippen molar-refractivity contribution in [2.75, 3.05) is 13.6 Å². The summed E-state index contributed by atoms with van der Waals surface area (Å²) >= 11 is 0. The Morgan fingerprint density at radius 2 is 1.73 bits per heavy atom. The van der Waals surface area contributed by atoms with Crippen molar-refractivity contribution in [3.05, 3.63) is 12.4 Å². The summed E-state index contributed by atoms with van der Waals surface area (Å²) < 4.78 is 0. The fourth-order valence-electron chi connectivity index (χ4n) is 0.364. The minimum absolute atomic E-state index is 0.895. The Labute approximate surface area is 71.1 Å². The molecule has 0 aromatic heterocycles. The van der Waals surface area contributed by atoms with Crippen LogP contribution in [0.2, 0.25) is 0 Å². The summed E-state index contributed by atoms with van der Waals surface area (Å²) in [6, 6.07) is 0. The topological polar surface area (TPSA) is 24.1 Å². The highest BCUT2D eigenvalue weighted by Crippen LogP contribution is 1.74. The van der Waals surface area contributed by atoms with Crippen molar-refractivity contribution in [1.29, 1.82) is 0 Å². The molecule has 0 fully saturated rings. The minimum Gasteiger partial charge on any atom is -0.375 e. The first-order chi connectivity index (χ1) is 5.22. The van der Waals surface area contributed by atoms with Crippen molar-refractivity contribution in [3.8, 4) is 0 Å². The summed E-state index contributed by atoms with van der Waals surface area (Å²) in [5.41, 5.74) is 0. The fraction of sp³-hybridized carbons (Fsp3) is 0.778. The highest BCUT2D eigenvalue weighted by Gasteiger charge is 1.81. The molecule has 0 aliphatic carbocycles. The quantitative estimate of drug-likeness (QED) is 0.654. The molecule has 0 aliphatic rings. The van der Waals surface area contributed by atoms with Crippen LogP contribution >= 0.6 is 0 Å². The predicted molar refractivity (Wildman–Crippen MR) is 52.5 cm³/mol. The van der Waals surface area contributed by atoms with Gasteiger partial charge in [-0.3, -0.25) is 0 Å². The lowest BCUT2D eigenvalue weighted by Gasteiger charge is -2.05. The molecule has 68 valence electrons. The van der Waals surface area contributed by atoms with Gasteiger partial charge in [-0.2, -0.15) is 0 Å². The van der Waals surface area contributed by atoms with Crippen LogP contribution < -0.4 is 10.6 Å². The minimum atomic E-state index is 0.895. The molecule has 0 aromatic rings. The van der Waals surface area contributed by atoms with Crippen molar-refractivity contribution in [2.45, 2.75) is 33.6 Å². The van der Waals surface area contributed by atoms with Gasteiger partial charge in [0.1, 0.15) is 0 Å². The van der Waals surface area contributed by atoms with E-state index in [9.17, 15) is 0 Å². The third-order valence-electron chi connectivity index (χ3n) is 0.890. The average Bonchev–Trinajstić information content (AvgIpc) is 2.02.